The van der Waals surface area contributed by atoms with Gasteiger partial charge in [-0.3, -0.25) is 0 Å². The normalized spacial score (nSPS) is 11.6. The molecular weight excluding hydrogens is 356 g/mol. The van der Waals surface area contributed by atoms with Gasteiger partial charge in [-0.15, -0.1) is 10.2 Å². The van der Waals surface area contributed by atoms with Gasteiger partial charge in [0.15, 0.2) is 28.7 Å². The summed E-state index contributed by atoms with van der Waals surface area (Å²) in [4.78, 5) is 4.65. The first-order valence-electron chi connectivity index (χ1n) is 8.53. The number of anilines is 1. The van der Waals surface area contributed by atoms with Gasteiger partial charge in [0.25, 0.3) is 0 Å². The van der Waals surface area contributed by atoms with Gasteiger partial charge >= 0.3 is 0 Å². The number of benzene rings is 1. The molecule has 0 spiro atoms. The molecule has 0 unspecified atom stereocenters. The molecule has 0 aliphatic carbocycles. The van der Waals surface area contributed by atoms with Gasteiger partial charge in [-0.1, -0.05) is 18.2 Å². The van der Waals surface area contributed by atoms with E-state index in [1.807, 2.05) is 48.5 Å². The second-order valence-electron chi connectivity index (χ2n) is 5.99. The van der Waals surface area contributed by atoms with Gasteiger partial charge in [0.2, 0.25) is 0 Å². The van der Waals surface area contributed by atoms with Crippen LogP contribution in [0.25, 0.3) is 28.6 Å². The molecule has 0 aliphatic heterocycles. The summed E-state index contributed by atoms with van der Waals surface area (Å²) in [6.07, 6.45) is 3.19. The fraction of sp³-hybridized carbons (Fsp3) is 0. The quantitative estimate of drug-likeness (QED) is 0.435. The second kappa shape index (κ2) is 6.51. The van der Waals surface area contributed by atoms with Crippen LogP contribution in [0.5, 0.6) is 0 Å². The molecule has 0 saturated carbocycles. The molecule has 5 rings (SSSR count). The lowest BCUT2D eigenvalue weighted by molar-refractivity contribution is 0.575. The van der Waals surface area contributed by atoms with E-state index in [1.54, 1.807) is 29.2 Å². The maximum atomic E-state index is 6.13. The number of azo groups is 1. The van der Waals surface area contributed by atoms with Crippen LogP contribution in [0.3, 0.4) is 0 Å². The van der Waals surface area contributed by atoms with E-state index in [0.29, 0.717) is 39.9 Å². The third-order valence-electron chi connectivity index (χ3n) is 4.16. The topological polar surface area (TPSA) is 107 Å². The Labute approximate surface area is 159 Å². The van der Waals surface area contributed by atoms with Crippen LogP contribution < -0.4 is 5.73 Å². The van der Waals surface area contributed by atoms with Crippen LogP contribution in [0.1, 0.15) is 0 Å². The van der Waals surface area contributed by atoms with Crippen LogP contribution in [-0.4, -0.2) is 14.6 Å². The van der Waals surface area contributed by atoms with Crippen LogP contribution in [0.2, 0.25) is 0 Å². The highest BCUT2D eigenvalue weighted by Gasteiger charge is 2.19. The molecule has 2 N–H and O–H groups in total. The number of nitrogens with two attached hydrogens (primary N) is 1. The minimum absolute atomic E-state index is 0.219. The van der Waals surface area contributed by atoms with Crippen molar-refractivity contribution >= 4 is 22.8 Å². The lowest BCUT2D eigenvalue weighted by Crippen LogP contribution is -1.97. The Balaban J connectivity index is 1.73. The Morgan fingerprint density at radius 1 is 0.857 bits per heavy atom. The van der Waals surface area contributed by atoms with E-state index in [1.165, 1.54) is 0 Å². The highest BCUT2D eigenvalue weighted by Crippen LogP contribution is 2.34. The first-order chi connectivity index (χ1) is 13.8. The van der Waals surface area contributed by atoms with Gasteiger partial charge in [0.1, 0.15) is 11.4 Å². The van der Waals surface area contributed by atoms with Gasteiger partial charge in [-0.05, 0) is 42.5 Å². The molecule has 0 bridgehead atoms. The smallest absolute Gasteiger partial charge is 0.186 e. The van der Waals surface area contributed by atoms with Crippen molar-refractivity contribution in [2.75, 3.05) is 5.73 Å². The van der Waals surface area contributed by atoms with Crippen molar-refractivity contribution < 1.29 is 8.83 Å². The van der Waals surface area contributed by atoms with Gasteiger partial charge < -0.3 is 14.6 Å². The SMILES string of the molecule is Nc1nn2c(-c3ccco3)cc(-c3ccco3)nc2c1N=Nc1ccccc1. The van der Waals surface area contributed by atoms with E-state index in [2.05, 4.69) is 20.3 Å². The van der Waals surface area contributed by atoms with Crippen molar-refractivity contribution in [2.24, 2.45) is 10.2 Å². The zero-order chi connectivity index (χ0) is 18.9. The van der Waals surface area contributed by atoms with Crippen molar-refractivity contribution in [3.63, 3.8) is 0 Å². The van der Waals surface area contributed by atoms with Crippen LogP contribution in [0.4, 0.5) is 17.2 Å². The highest BCUT2D eigenvalue weighted by atomic mass is 16.3. The molecule has 5 aromatic rings. The van der Waals surface area contributed by atoms with Gasteiger partial charge in [0.05, 0.1) is 18.2 Å². The van der Waals surface area contributed by atoms with Crippen molar-refractivity contribution in [1.29, 1.82) is 0 Å². The number of nitrogens with zero attached hydrogens (tertiary/aromatic N) is 5. The monoisotopic (exact) mass is 370 g/mol. The Morgan fingerprint density at radius 3 is 2.32 bits per heavy atom. The Hall–Kier alpha value is -4.20. The molecule has 0 amide bonds. The predicted molar refractivity (Wildman–Crippen MR) is 103 cm³/mol. The molecule has 0 saturated heterocycles. The molecule has 8 heteroatoms. The van der Waals surface area contributed by atoms with Crippen LogP contribution in [-0.2, 0) is 0 Å². The highest BCUT2D eigenvalue weighted by molar-refractivity contribution is 5.80. The van der Waals surface area contributed by atoms with Crippen LogP contribution >= 0.6 is 0 Å². The van der Waals surface area contributed by atoms with Gasteiger partial charge in [-0.2, -0.15) is 5.11 Å². The maximum Gasteiger partial charge on any atom is 0.186 e. The number of nitrogen functional groups attached to an aromatic ring is 1. The van der Waals surface area contributed by atoms with Crippen molar-refractivity contribution in [1.82, 2.24) is 14.6 Å². The zero-order valence-electron chi connectivity index (χ0n) is 14.6. The summed E-state index contributed by atoms with van der Waals surface area (Å²) in [5.41, 5.74) is 8.95. The number of aromatic nitrogens is 3. The lowest BCUT2D eigenvalue weighted by atomic mass is 10.2. The van der Waals surface area contributed by atoms with Crippen molar-refractivity contribution in [3.05, 3.63) is 73.2 Å². The van der Waals surface area contributed by atoms with Gasteiger partial charge in [-0.25, -0.2) is 9.50 Å². The molecule has 28 heavy (non-hydrogen) atoms. The third-order valence-corrected chi connectivity index (χ3v) is 4.16. The maximum absolute atomic E-state index is 6.13. The van der Waals surface area contributed by atoms with Crippen molar-refractivity contribution in [3.8, 4) is 22.9 Å². The van der Waals surface area contributed by atoms with E-state index < -0.39 is 0 Å². The molecule has 0 fully saturated rings. The first kappa shape index (κ1) is 16.0. The minimum Gasteiger partial charge on any atom is -0.463 e. The molecule has 0 radical (unpaired) electrons. The summed E-state index contributed by atoms with van der Waals surface area (Å²) < 4.78 is 12.7. The van der Waals surface area contributed by atoms with E-state index >= 15 is 0 Å². The number of hydrogen-bond acceptors (Lipinski definition) is 7. The number of rotatable bonds is 4. The molecule has 4 aromatic heterocycles. The van der Waals surface area contributed by atoms with E-state index in [-0.39, 0.29) is 5.82 Å². The average Bonchev–Trinajstić information content (AvgIpc) is 3.48. The third kappa shape index (κ3) is 2.73. The van der Waals surface area contributed by atoms with Crippen molar-refractivity contribution in [2.45, 2.75) is 0 Å². The minimum atomic E-state index is 0.219. The zero-order valence-corrected chi connectivity index (χ0v) is 14.6. The molecule has 0 atom stereocenters. The van der Waals surface area contributed by atoms with E-state index in [9.17, 15) is 0 Å². The molecule has 0 aliphatic rings. The molecule has 8 nitrogen and oxygen atoms in total. The Morgan fingerprint density at radius 2 is 1.61 bits per heavy atom. The molecule has 1 aromatic carbocycles. The predicted octanol–water partition coefficient (Wildman–Crippen LogP) is 5.25. The summed E-state index contributed by atoms with van der Waals surface area (Å²) in [6.45, 7) is 0. The first-order valence-corrected chi connectivity index (χ1v) is 8.53. The fourth-order valence-electron chi connectivity index (χ4n) is 2.87. The summed E-state index contributed by atoms with van der Waals surface area (Å²) in [6, 6.07) is 18.5. The molecule has 4 heterocycles. The number of hydrogen-bond donors (Lipinski definition) is 1. The molecule has 136 valence electrons. The fourth-order valence-corrected chi connectivity index (χ4v) is 2.87. The Bertz CT molecular complexity index is 1260. The lowest BCUT2D eigenvalue weighted by Gasteiger charge is -2.04. The second-order valence-corrected chi connectivity index (χ2v) is 5.99. The van der Waals surface area contributed by atoms with Gasteiger partial charge in [0, 0.05) is 0 Å². The van der Waals surface area contributed by atoms with Crippen LogP contribution in [0, 0.1) is 0 Å². The van der Waals surface area contributed by atoms with E-state index in [0.717, 1.165) is 0 Å². The Kier molecular flexibility index (Phi) is 3.72. The number of fused-ring (bicyclic) bond motifs is 1. The standard InChI is InChI=1S/C20H14N6O2/c21-19-18(24-23-13-6-2-1-3-7-13)20-22-14(16-8-4-10-27-16)12-15(26(20)25-19)17-9-5-11-28-17/h1-12H,(H2,21,25). The number of furan rings is 2. The average molecular weight is 370 g/mol. The largest absolute Gasteiger partial charge is 0.463 e. The summed E-state index contributed by atoms with van der Waals surface area (Å²) in [7, 11) is 0. The summed E-state index contributed by atoms with van der Waals surface area (Å²) in [5.74, 6) is 1.45. The summed E-state index contributed by atoms with van der Waals surface area (Å²) in [5, 5.41) is 12.9. The van der Waals surface area contributed by atoms with E-state index in [4.69, 9.17) is 14.6 Å². The van der Waals surface area contributed by atoms with Crippen LogP contribution in [0.15, 0.2) is 92.3 Å². The summed E-state index contributed by atoms with van der Waals surface area (Å²) >= 11 is 0. The molecular formula is C20H14N6O2.